The highest BCUT2D eigenvalue weighted by Crippen LogP contribution is 2.30. The van der Waals surface area contributed by atoms with E-state index < -0.39 is 11.9 Å². The van der Waals surface area contributed by atoms with Crippen LogP contribution in [0.25, 0.3) is 0 Å². The van der Waals surface area contributed by atoms with E-state index in [1.54, 1.807) is 0 Å². The largest absolute Gasteiger partial charge is 0.435 e. The molecule has 0 saturated carbocycles. The van der Waals surface area contributed by atoms with Crippen molar-refractivity contribution in [1.82, 2.24) is 25.3 Å². The maximum absolute atomic E-state index is 13.1. The SMILES string of the molecule is CCNC(=NCc1cn(C)nc1C(F)(F)F)NCC(C)(C)N1CCCCC1.I. The molecule has 0 radical (unpaired) electrons. The summed E-state index contributed by atoms with van der Waals surface area (Å²) in [5, 5.41) is 9.91. The number of likely N-dealkylation sites (tertiary alicyclic amines) is 1. The smallest absolute Gasteiger partial charge is 0.357 e. The van der Waals surface area contributed by atoms with Crippen molar-refractivity contribution in [2.45, 2.75) is 58.3 Å². The zero-order valence-corrected chi connectivity index (χ0v) is 19.4. The number of aryl methyl sites for hydroxylation is 1. The van der Waals surface area contributed by atoms with Gasteiger partial charge in [-0.05, 0) is 46.7 Å². The molecule has 0 unspecified atom stereocenters. The normalized spacial score (nSPS) is 16.6. The lowest BCUT2D eigenvalue weighted by molar-refractivity contribution is -0.142. The number of hydrogen-bond donors (Lipinski definition) is 2. The van der Waals surface area contributed by atoms with Crippen molar-refractivity contribution in [3.05, 3.63) is 17.5 Å². The quantitative estimate of drug-likeness (QED) is 0.346. The molecule has 0 bridgehead atoms. The van der Waals surface area contributed by atoms with Gasteiger partial charge in [-0.15, -0.1) is 24.0 Å². The maximum atomic E-state index is 13.1. The standard InChI is InChI=1S/C18H31F3N6.HI/c1-5-22-16(24-13-17(2,3)27-9-7-6-8-10-27)23-11-14-12-26(4)25-15(14)18(19,20)21;/h12H,5-11,13H2,1-4H3,(H2,22,23,24);1H. The number of alkyl halides is 3. The predicted molar refractivity (Wildman–Crippen MR) is 116 cm³/mol. The molecule has 2 heterocycles. The highest BCUT2D eigenvalue weighted by molar-refractivity contribution is 14.0. The summed E-state index contributed by atoms with van der Waals surface area (Å²) in [6.07, 6.45) is 0.579. The fourth-order valence-electron chi connectivity index (χ4n) is 3.31. The number of guanidine groups is 1. The number of halogens is 4. The number of nitrogens with one attached hydrogen (secondary N) is 2. The van der Waals surface area contributed by atoms with Crippen LogP contribution in [0, 0.1) is 0 Å². The first-order valence-electron chi connectivity index (χ1n) is 9.50. The average molecular weight is 516 g/mol. The van der Waals surface area contributed by atoms with E-state index in [1.807, 2.05) is 6.92 Å². The Kier molecular flexibility index (Phi) is 9.51. The summed E-state index contributed by atoms with van der Waals surface area (Å²) in [5.74, 6) is 0.513. The second kappa shape index (κ2) is 10.7. The third-order valence-electron chi connectivity index (χ3n) is 4.83. The first-order chi connectivity index (χ1) is 12.6. The maximum Gasteiger partial charge on any atom is 0.435 e. The van der Waals surface area contributed by atoms with Crippen LogP contribution in [0.15, 0.2) is 11.2 Å². The molecule has 0 spiro atoms. The molecule has 1 fully saturated rings. The van der Waals surface area contributed by atoms with E-state index in [4.69, 9.17) is 0 Å². The van der Waals surface area contributed by atoms with Crippen molar-refractivity contribution in [2.24, 2.45) is 12.0 Å². The van der Waals surface area contributed by atoms with Crippen LogP contribution < -0.4 is 10.6 Å². The fourth-order valence-corrected chi connectivity index (χ4v) is 3.31. The van der Waals surface area contributed by atoms with Gasteiger partial charge in [-0.2, -0.15) is 18.3 Å². The number of rotatable bonds is 6. The zero-order valence-electron chi connectivity index (χ0n) is 17.1. The van der Waals surface area contributed by atoms with E-state index in [9.17, 15) is 13.2 Å². The van der Waals surface area contributed by atoms with Gasteiger partial charge in [0.1, 0.15) is 0 Å². The fraction of sp³-hybridized carbons (Fsp3) is 0.778. The highest BCUT2D eigenvalue weighted by Gasteiger charge is 2.36. The van der Waals surface area contributed by atoms with Crippen LogP contribution in [0.5, 0.6) is 0 Å². The minimum absolute atomic E-state index is 0. The van der Waals surface area contributed by atoms with Crippen LogP contribution in [-0.2, 0) is 19.8 Å². The van der Waals surface area contributed by atoms with Gasteiger partial charge in [0, 0.05) is 37.4 Å². The molecule has 1 aliphatic heterocycles. The Morgan fingerprint density at radius 2 is 1.82 bits per heavy atom. The summed E-state index contributed by atoms with van der Waals surface area (Å²) in [5.41, 5.74) is -0.863. The monoisotopic (exact) mass is 516 g/mol. The van der Waals surface area contributed by atoms with E-state index in [0.29, 0.717) is 19.0 Å². The minimum Gasteiger partial charge on any atom is -0.357 e. The Morgan fingerprint density at radius 3 is 2.39 bits per heavy atom. The van der Waals surface area contributed by atoms with Crippen molar-refractivity contribution >= 4 is 29.9 Å². The molecule has 162 valence electrons. The molecule has 10 heteroatoms. The molecule has 1 aromatic rings. The van der Waals surface area contributed by atoms with Crippen LogP contribution in [0.1, 0.15) is 51.3 Å². The molecule has 2 rings (SSSR count). The average Bonchev–Trinajstić information content (AvgIpc) is 2.99. The summed E-state index contributed by atoms with van der Waals surface area (Å²) in [4.78, 5) is 6.80. The van der Waals surface area contributed by atoms with Crippen LogP contribution in [0.4, 0.5) is 13.2 Å². The molecular formula is C18H32F3IN6. The van der Waals surface area contributed by atoms with Gasteiger partial charge in [-0.1, -0.05) is 6.42 Å². The van der Waals surface area contributed by atoms with E-state index in [2.05, 4.69) is 39.5 Å². The van der Waals surface area contributed by atoms with Gasteiger partial charge >= 0.3 is 6.18 Å². The van der Waals surface area contributed by atoms with Crippen molar-refractivity contribution in [2.75, 3.05) is 26.2 Å². The van der Waals surface area contributed by atoms with Gasteiger partial charge in [-0.25, -0.2) is 4.99 Å². The van der Waals surface area contributed by atoms with E-state index in [-0.39, 0.29) is 41.6 Å². The molecule has 0 aromatic carbocycles. The third kappa shape index (κ3) is 7.09. The second-order valence-corrected chi connectivity index (χ2v) is 7.58. The predicted octanol–water partition coefficient (Wildman–Crippen LogP) is 3.38. The van der Waals surface area contributed by atoms with Gasteiger partial charge < -0.3 is 10.6 Å². The van der Waals surface area contributed by atoms with Gasteiger partial charge in [0.25, 0.3) is 0 Å². The molecule has 1 saturated heterocycles. The summed E-state index contributed by atoms with van der Waals surface area (Å²) in [6, 6.07) is 0. The summed E-state index contributed by atoms with van der Waals surface area (Å²) in [6.45, 7) is 9.66. The molecule has 0 aliphatic carbocycles. The first kappa shape index (κ1) is 25.0. The van der Waals surface area contributed by atoms with E-state index in [1.165, 1.54) is 37.2 Å². The second-order valence-electron chi connectivity index (χ2n) is 7.58. The number of nitrogens with zero attached hydrogens (tertiary/aromatic N) is 4. The molecule has 0 atom stereocenters. The number of aromatic nitrogens is 2. The van der Waals surface area contributed by atoms with Gasteiger partial charge in [0.15, 0.2) is 11.7 Å². The third-order valence-corrected chi connectivity index (χ3v) is 4.83. The van der Waals surface area contributed by atoms with E-state index in [0.717, 1.165) is 13.1 Å². The molecule has 1 aliphatic rings. The summed E-state index contributed by atoms with van der Waals surface area (Å²) >= 11 is 0. The Bertz CT molecular complexity index is 636. The Balaban J connectivity index is 0.00000392. The van der Waals surface area contributed by atoms with Crippen molar-refractivity contribution in [3.63, 3.8) is 0 Å². The van der Waals surface area contributed by atoms with Crippen molar-refractivity contribution in [1.29, 1.82) is 0 Å². The molecular weight excluding hydrogens is 484 g/mol. The van der Waals surface area contributed by atoms with E-state index >= 15 is 0 Å². The lowest BCUT2D eigenvalue weighted by Gasteiger charge is -2.41. The lowest BCUT2D eigenvalue weighted by Crippen LogP contribution is -2.54. The molecule has 1 aromatic heterocycles. The summed E-state index contributed by atoms with van der Waals surface area (Å²) < 4.78 is 40.4. The van der Waals surface area contributed by atoms with Gasteiger partial charge in [0.05, 0.1) is 6.54 Å². The first-order valence-corrected chi connectivity index (χ1v) is 9.50. The molecule has 6 nitrogen and oxygen atoms in total. The molecule has 0 amide bonds. The van der Waals surface area contributed by atoms with Crippen molar-refractivity contribution in [3.8, 4) is 0 Å². The van der Waals surface area contributed by atoms with Crippen LogP contribution in [0.2, 0.25) is 0 Å². The molecule has 2 N–H and O–H groups in total. The minimum atomic E-state index is -4.48. The number of aliphatic imine (C=N–C) groups is 1. The Labute approximate surface area is 182 Å². The molecule has 28 heavy (non-hydrogen) atoms. The Hall–Kier alpha value is -1.04. The highest BCUT2D eigenvalue weighted by atomic mass is 127. The lowest BCUT2D eigenvalue weighted by atomic mass is 9.98. The topological polar surface area (TPSA) is 57.5 Å². The van der Waals surface area contributed by atoms with Crippen LogP contribution in [0.3, 0.4) is 0 Å². The number of hydrogen-bond acceptors (Lipinski definition) is 3. The van der Waals surface area contributed by atoms with Crippen molar-refractivity contribution < 1.29 is 13.2 Å². The van der Waals surface area contributed by atoms with Gasteiger partial charge in [0.2, 0.25) is 0 Å². The van der Waals surface area contributed by atoms with Crippen LogP contribution >= 0.6 is 24.0 Å². The summed E-state index contributed by atoms with van der Waals surface area (Å²) in [7, 11) is 1.48. The Morgan fingerprint density at radius 1 is 1.18 bits per heavy atom. The van der Waals surface area contributed by atoms with Gasteiger partial charge in [-0.3, -0.25) is 9.58 Å². The number of piperidine rings is 1. The zero-order chi connectivity index (χ0) is 20.1. The van der Waals surface area contributed by atoms with Crippen LogP contribution in [-0.4, -0.2) is 52.4 Å².